The molecule has 0 spiro atoms. The Bertz CT molecular complexity index is 595. The fourth-order valence-electron chi connectivity index (χ4n) is 3.13. The van der Waals surface area contributed by atoms with Gasteiger partial charge in [0.05, 0.1) is 7.11 Å². The Morgan fingerprint density at radius 2 is 2.19 bits per heavy atom. The lowest BCUT2D eigenvalue weighted by Crippen LogP contribution is -2.48. The van der Waals surface area contributed by atoms with Crippen molar-refractivity contribution >= 4 is 5.96 Å². The molecule has 0 atom stereocenters. The molecule has 1 aromatic rings. The smallest absolute Gasteiger partial charge is 0.191 e. The highest BCUT2D eigenvalue weighted by atomic mass is 16.5. The predicted molar refractivity (Wildman–Crippen MR) is 107 cm³/mol. The van der Waals surface area contributed by atoms with Crippen LogP contribution in [0.1, 0.15) is 25.3 Å². The molecule has 0 aromatic heterocycles. The van der Waals surface area contributed by atoms with Gasteiger partial charge in [0.25, 0.3) is 0 Å². The molecular weight excluding hydrogens is 328 g/mol. The minimum atomic E-state index is 0.164. The number of benzene rings is 1. The van der Waals surface area contributed by atoms with Crippen LogP contribution in [0.2, 0.25) is 0 Å². The summed E-state index contributed by atoms with van der Waals surface area (Å²) in [6.45, 7) is 10.6. The molecule has 1 heterocycles. The van der Waals surface area contributed by atoms with Gasteiger partial charge in [-0.3, -0.25) is 9.89 Å². The second-order valence-electron chi connectivity index (χ2n) is 6.52. The number of aliphatic imine (C=N–C) groups is 1. The van der Waals surface area contributed by atoms with Gasteiger partial charge < -0.3 is 20.5 Å². The van der Waals surface area contributed by atoms with Gasteiger partial charge in [-0.05, 0) is 43.9 Å². The van der Waals surface area contributed by atoms with E-state index in [1.54, 1.807) is 13.2 Å². The summed E-state index contributed by atoms with van der Waals surface area (Å²) in [7, 11) is 1.56. The highest BCUT2D eigenvalue weighted by Crippen LogP contribution is 2.26. The van der Waals surface area contributed by atoms with Gasteiger partial charge in [0.1, 0.15) is 0 Å². The first-order chi connectivity index (χ1) is 12.7. The van der Waals surface area contributed by atoms with Gasteiger partial charge in [-0.2, -0.15) is 0 Å². The third-order valence-electron chi connectivity index (χ3n) is 4.57. The second kappa shape index (κ2) is 10.7. The molecule has 6 nitrogen and oxygen atoms in total. The number of piperidine rings is 1. The maximum atomic E-state index is 9.67. The molecule has 1 fully saturated rings. The van der Waals surface area contributed by atoms with Crippen LogP contribution in [0, 0.1) is 0 Å². The third kappa shape index (κ3) is 6.26. The molecule has 0 aliphatic carbocycles. The van der Waals surface area contributed by atoms with Crippen molar-refractivity contribution < 1.29 is 9.84 Å². The Morgan fingerprint density at radius 3 is 2.85 bits per heavy atom. The molecule has 3 N–H and O–H groups in total. The maximum Gasteiger partial charge on any atom is 0.191 e. The lowest BCUT2D eigenvalue weighted by molar-refractivity contribution is 0.225. The van der Waals surface area contributed by atoms with Crippen LogP contribution >= 0.6 is 0 Å². The van der Waals surface area contributed by atoms with E-state index in [1.807, 2.05) is 18.2 Å². The van der Waals surface area contributed by atoms with Crippen LogP contribution < -0.4 is 15.4 Å². The number of hydrogen-bond acceptors (Lipinski definition) is 4. The molecule has 1 aliphatic heterocycles. The summed E-state index contributed by atoms with van der Waals surface area (Å²) in [6.07, 6.45) is 5.00. The van der Waals surface area contributed by atoms with E-state index in [0.29, 0.717) is 18.3 Å². The Balaban J connectivity index is 1.85. The van der Waals surface area contributed by atoms with Crippen molar-refractivity contribution in [1.82, 2.24) is 15.5 Å². The first kappa shape index (κ1) is 20.1. The van der Waals surface area contributed by atoms with E-state index >= 15 is 0 Å². The lowest BCUT2D eigenvalue weighted by atomic mass is 10.1. The van der Waals surface area contributed by atoms with Crippen LogP contribution in [0.25, 0.3) is 0 Å². The summed E-state index contributed by atoms with van der Waals surface area (Å²) in [5.41, 5.74) is 1.09. The normalized spacial score (nSPS) is 16.3. The highest BCUT2D eigenvalue weighted by Gasteiger charge is 2.18. The van der Waals surface area contributed by atoms with Gasteiger partial charge >= 0.3 is 0 Å². The lowest BCUT2D eigenvalue weighted by Gasteiger charge is -2.32. The van der Waals surface area contributed by atoms with Crippen molar-refractivity contribution in [2.45, 2.75) is 32.2 Å². The van der Waals surface area contributed by atoms with Gasteiger partial charge in [-0.1, -0.05) is 12.1 Å². The average Bonchev–Trinajstić information content (AvgIpc) is 2.65. The molecular formula is C20H32N4O2. The van der Waals surface area contributed by atoms with Crippen molar-refractivity contribution in [3.05, 3.63) is 36.4 Å². The Hall–Kier alpha value is -2.21. The van der Waals surface area contributed by atoms with Gasteiger partial charge in [0, 0.05) is 38.8 Å². The van der Waals surface area contributed by atoms with Crippen LogP contribution in [-0.2, 0) is 6.42 Å². The predicted octanol–water partition coefficient (Wildman–Crippen LogP) is 2.15. The van der Waals surface area contributed by atoms with Gasteiger partial charge in [0.2, 0.25) is 0 Å². The molecule has 2 rings (SSSR count). The number of phenolic OH excluding ortho intramolecular Hbond substituents is 1. The second-order valence-corrected chi connectivity index (χ2v) is 6.52. The minimum Gasteiger partial charge on any atom is -0.504 e. The van der Waals surface area contributed by atoms with E-state index in [1.165, 1.54) is 0 Å². The summed E-state index contributed by atoms with van der Waals surface area (Å²) in [4.78, 5) is 7.12. The monoisotopic (exact) mass is 360 g/mol. The fraction of sp³-hybridized carbons (Fsp3) is 0.550. The van der Waals surface area contributed by atoms with Crippen molar-refractivity contribution in [3.63, 3.8) is 0 Å². The van der Waals surface area contributed by atoms with Crippen molar-refractivity contribution in [3.8, 4) is 11.5 Å². The standard InChI is InChI=1S/C20H32N4O2/c1-4-12-24-13-9-17(10-14-24)23-20(21-5-2)22-11-8-16-6-7-18(25)19(15-16)26-3/h4,6-7,15,17,25H,1,5,8-14H2,2-3H3,(H2,21,22,23). The summed E-state index contributed by atoms with van der Waals surface area (Å²) in [5, 5.41) is 16.6. The van der Waals surface area contributed by atoms with Crippen LogP contribution in [-0.4, -0.2) is 61.8 Å². The van der Waals surface area contributed by atoms with Crippen molar-refractivity contribution in [2.24, 2.45) is 4.99 Å². The van der Waals surface area contributed by atoms with Gasteiger partial charge in [0.15, 0.2) is 17.5 Å². The number of methoxy groups -OCH3 is 1. The summed E-state index contributed by atoms with van der Waals surface area (Å²) in [5.74, 6) is 1.54. The SMILES string of the molecule is C=CCN1CCC(NC(=NCCc2ccc(O)c(OC)c2)NCC)CC1. The van der Waals surface area contributed by atoms with Gasteiger partial charge in [-0.15, -0.1) is 6.58 Å². The molecule has 26 heavy (non-hydrogen) atoms. The summed E-state index contributed by atoms with van der Waals surface area (Å²) < 4.78 is 5.16. The molecule has 0 radical (unpaired) electrons. The quantitative estimate of drug-likeness (QED) is 0.376. The summed E-state index contributed by atoms with van der Waals surface area (Å²) in [6, 6.07) is 5.89. The number of hydrogen-bond donors (Lipinski definition) is 3. The Labute approximate surface area is 157 Å². The number of rotatable bonds is 8. The maximum absolute atomic E-state index is 9.67. The van der Waals surface area contributed by atoms with E-state index in [2.05, 4.69) is 29.0 Å². The minimum absolute atomic E-state index is 0.164. The molecule has 0 saturated carbocycles. The zero-order valence-corrected chi connectivity index (χ0v) is 16.0. The molecule has 1 aliphatic rings. The van der Waals surface area contributed by atoms with Crippen molar-refractivity contribution in [1.29, 1.82) is 0 Å². The van der Waals surface area contributed by atoms with Crippen LogP contribution in [0.5, 0.6) is 11.5 Å². The van der Waals surface area contributed by atoms with Crippen LogP contribution in [0.3, 0.4) is 0 Å². The van der Waals surface area contributed by atoms with Crippen LogP contribution in [0.15, 0.2) is 35.8 Å². The largest absolute Gasteiger partial charge is 0.504 e. The Kier molecular flexibility index (Phi) is 8.28. The van der Waals surface area contributed by atoms with E-state index < -0.39 is 0 Å². The first-order valence-corrected chi connectivity index (χ1v) is 9.40. The number of phenols is 1. The van der Waals surface area contributed by atoms with E-state index in [9.17, 15) is 5.11 Å². The molecule has 144 valence electrons. The van der Waals surface area contributed by atoms with E-state index in [4.69, 9.17) is 9.73 Å². The molecule has 0 bridgehead atoms. The average molecular weight is 361 g/mol. The van der Waals surface area contributed by atoms with E-state index in [-0.39, 0.29) is 5.75 Å². The zero-order valence-electron chi connectivity index (χ0n) is 16.0. The number of aromatic hydroxyl groups is 1. The topological polar surface area (TPSA) is 69.1 Å². The highest BCUT2D eigenvalue weighted by molar-refractivity contribution is 5.80. The number of guanidine groups is 1. The molecule has 0 unspecified atom stereocenters. The number of likely N-dealkylation sites (tertiary alicyclic amines) is 1. The Morgan fingerprint density at radius 1 is 1.42 bits per heavy atom. The number of ether oxygens (including phenoxy) is 1. The molecule has 1 aromatic carbocycles. The number of nitrogens with one attached hydrogen (secondary N) is 2. The first-order valence-electron chi connectivity index (χ1n) is 9.40. The third-order valence-corrected chi connectivity index (χ3v) is 4.57. The van der Waals surface area contributed by atoms with E-state index in [0.717, 1.165) is 57.0 Å². The van der Waals surface area contributed by atoms with Crippen molar-refractivity contribution in [2.75, 3.05) is 39.8 Å². The molecule has 0 amide bonds. The fourth-order valence-corrected chi connectivity index (χ4v) is 3.13. The molecule has 1 saturated heterocycles. The summed E-state index contributed by atoms with van der Waals surface area (Å²) >= 11 is 0. The van der Waals surface area contributed by atoms with Gasteiger partial charge in [-0.25, -0.2) is 0 Å². The van der Waals surface area contributed by atoms with Crippen LogP contribution in [0.4, 0.5) is 0 Å². The number of nitrogens with zero attached hydrogens (tertiary/aromatic N) is 2. The zero-order chi connectivity index (χ0) is 18.8. The molecule has 6 heteroatoms.